The molecule has 8 heteroatoms. The highest BCUT2D eigenvalue weighted by Gasteiger charge is 2.31. The van der Waals surface area contributed by atoms with Crippen LogP contribution in [0.25, 0.3) is 0 Å². The number of aliphatic hydroxyl groups excluding tert-OH is 1. The number of nitrogens with zero attached hydrogens (tertiary/aromatic N) is 1. The topological polar surface area (TPSA) is 94.9 Å². The van der Waals surface area contributed by atoms with Crippen LogP contribution in [0.2, 0.25) is 5.02 Å². The normalized spacial score (nSPS) is 17.9. The maximum Gasteiger partial charge on any atom is 0.336 e. The molecule has 0 unspecified atom stereocenters. The maximum atomic E-state index is 12.6. The number of aliphatic hydroxyl groups is 1. The van der Waals surface area contributed by atoms with Gasteiger partial charge in [0.25, 0.3) is 0 Å². The van der Waals surface area contributed by atoms with Gasteiger partial charge in [-0.15, -0.1) is 0 Å². The lowest BCUT2D eigenvalue weighted by Gasteiger charge is -2.29. The van der Waals surface area contributed by atoms with E-state index in [9.17, 15) is 18.3 Å². The van der Waals surface area contributed by atoms with E-state index in [0.717, 1.165) is 0 Å². The van der Waals surface area contributed by atoms with Gasteiger partial charge in [0.15, 0.2) is 0 Å². The third kappa shape index (κ3) is 3.21. The number of aromatic carboxylic acids is 1. The minimum Gasteiger partial charge on any atom is -0.478 e. The molecule has 1 aliphatic heterocycles. The van der Waals surface area contributed by atoms with Crippen molar-refractivity contribution in [2.75, 3.05) is 13.1 Å². The highest BCUT2D eigenvalue weighted by Crippen LogP contribution is 2.28. The second kappa shape index (κ2) is 5.92. The standard InChI is InChI=1S/C13H16ClNO5S/c1-8-11(13(17)18)6-9(14)7-12(8)21(19,20)15-4-2-10(16)3-5-15/h6-7,10,16H,2-5H2,1H3,(H,17,18). The van der Waals surface area contributed by atoms with Crippen LogP contribution in [-0.4, -0.2) is 48.1 Å². The molecule has 0 atom stereocenters. The van der Waals surface area contributed by atoms with E-state index in [1.54, 1.807) is 0 Å². The van der Waals surface area contributed by atoms with Crippen molar-refractivity contribution < 1.29 is 23.4 Å². The largest absolute Gasteiger partial charge is 0.478 e. The van der Waals surface area contributed by atoms with Gasteiger partial charge in [0.2, 0.25) is 10.0 Å². The van der Waals surface area contributed by atoms with Gasteiger partial charge < -0.3 is 10.2 Å². The molecule has 1 saturated heterocycles. The molecule has 0 amide bonds. The van der Waals surface area contributed by atoms with Gasteiger partial charge in [-0.1, -0.05) is 11.6 Å². The lowest BCUT2D eigenvalue weighted by molar-refractivity contribution is 0.0695. The summed E-state index contributed by atoms with van der Waals surface area (Å²) in [5.74, 6) is -1.22. The Hall–Kier alpha value is -1.15. The van der Waals surface area contributed by atoms with Crippen LogP contribution in [0.1, 0.15) is 28.8 Å². The first-order valence-corrected chi connectivity index (χ1v) is 8.27. The molecule has 2 rings (SSSR count). The van der Waals surface area contributed by atoms with Gasteiger partial charge in [0.05, 0.1) is 16.6 Å². The van der Waals surface area contributed by atoms with Crippen molar-refractivity contribution in [2.45, 2.75) is 30.8 Å². The fourth-order valence-corrected chi connectivity index (χ4v) is 4.39. The molecule has 6 nitrogen and oxygen atoms in total. The Labute approximate surface area is 128 Å². The Balaban J connectivity index is 2.47. The van der Waals surface area contributed by atoms with Crippen LogP contribution in [-0.2, 0) is 10.0 Å². The molecule has 0 aliphatic carbocycles. The average molecular weight is 334 g/mol. The summed E-state index contributed by atoms with van der Waals surface area (Å²) < 4.78 is 26.5. The van der Waals surface area contributed by atoms with Gasteiger partial charge in [0.1, 0.15) is 0 Å². The van der Waals surface area contributed by atoms with E-state index in [1.807, 2.05) is 0 Å². The zero-order valence-corrected chi connectivity index (χ0v) is 13.0. The Kier molecular flexibility index (Phi) is 4.57. The SMILES string of the molecule is Cc1c(C(=O)O)cc(Cl)cc1S(=O)(=O)N1CCC(O)CC1. The minimum atomic E-state index is -3.82. The van der Waals surface area contributed by atoms with Gasteiger partial charge in [-0.3, -0.25) is 0 Å². The van der Waals surface area contributed by atoms with Gasteiger partial charge in [-0.05, 0) is 37.5 Å². The van der Waals surface area contributed by atoms with E-state index in [-0.39, 0.29) is 34.1 Å². The quantitative estimate of drug-likeness (QED) is 0.874. The molecule has 0 saturated carbocycles. The van der Waals surface area contributed by atoms with Gasteiger partial charge >= 0.3 is 5.97 Å². The lowest BCUT2D eigenvalue weighted by atomic mass is 10.1. The summed E-state index contributed by atoms with van der Waals surface area (Å²) in [6.07, 6.45) is 0.237. The Bertz CT molecular complexity index is 665. The number of hydrogen-bond acceptors (Lipinski definition) is 4. The molecule has 0 aromatic heterocycles. The van der Waals surface area contributed by atoms with Crippen LogP contribution in [0.15, 0.2) is 17.0 Å². The summed E-state index contributed by atoms with van der Waals surface area (Å²) in [5, 5.41) is 18.6. The predicted molar refractivity (Wildman–Crippen MR) is 77.1 cm³/mol. The number of carboxylic acids is 1. The lowest BCUT2D eigenvalue weighted by Crippen LogP contribution is -2.40. The molecule has 0 radical (unpaired) electrons. The Morgan fingerprint density at radius 3 is 2.43 bits per heavy atom. The molecule has 1 heterocycles. The van der Waals surface area contributed by atoms with Crippen molar-refractivity contribution in [3.63, 3.8) is 0 Å². The molecule has 116 valence electrons. The number of sulfonamides is 1. The average Bonchev–Trinajstić information content (AvgIpc) is 2.41. The fraction of sp³-hybridized carbons (Fsp3) is 0.462. The smallest absolute Gasteiger partial charge is 0.336 e. The first-order chi connectivity index (χ1) is 9.73. The van der Waals surface area contributed by atoms with Crippen LogP contribution < -0.4 is 0 Å². The number of carbonyl (C=O) groups is 1. The summed E-state index contributed by atoms with van der Waals surface area (Å²) >= 11 is 5.85. The molecule has 0 bridgehead atoms. The molecule has 1 fully saturated rings. The minimum absolute atomic E-state index is 0.0635. The molecule has 1 aliphatic rings. The molecule has 2 N–H and O–H groups in total. The first kappa shape index (κ1) is 16.2. The third-order valence-electron chi connectivity index (χ3n) is 3.60. The fourth-order valence-electron chi connectivity index (χ4n) is 2.37. The zero-order valence-electron chi connectivity index (χ0n) is 11.4. The molecule has 21 heavy (non-hydrogen) atoms. The van der Waals surface area contributed by atoms with Crippen molar-refractivity contribution in [3.05, 3.63) is 28.3 Å². The number of benzene rings is 1. The molecule has 1 aromatic rings. The molecule has 0 spiro atoms. The van der Waals surface area contributed by atoms with E-state index in [1.165, 1.54) is 23.4 Å². The van der Waals surface area contributed by atoms with Gasteiger partial charge in [-0.2, -0.15) is 4.31 Å². The molecular formula is C13H16ClNO5S. The van der Waals surface area contributed by atoms with Crippen LogP contribution in [0.3, 0.4) is 0 Å². The summed E-state index contributed by atoms with van der Waals surface area (Å²) in [6, 6.07) is 2.50. The highest BCUT2D eigenvalue weighted by atomic mass is 35.5. The van der Waals surface area contributed by atoms with E-state index < -0.39 is 22.1 Å². The van der Waals surface area contributed by atoms with E-state index in [2.05, 4.69) is 0 Å². The first-order valence-electron chi connectivity index (χ1n) is 6.45. The van der Waals surface area contributed by atoms with E-state index >= 15 is 0 Å². The van der Waals surface area contributed by atoms with Crippen molar-refractivity contribution >= 4 is 27.6 Å². The summed E-state index contributed by atoms with van der Waals surface area (Å²) in [6.45, 7) is 1.86. The third-order valence-corrected chi connectivity index (χ3v) is 5.84. The zero-order chi connectivity index (χ0) is 15.8. The monoisotopic (exact) mass is 333 g/mol. The summed E-state index contributed by atoms with van der Waals surface area (Å²) in [4.78, 5) is 11.1. The van der Waals surface area contributed by atoms with Gasteiger partial charge in [0, 0.05) is 18.1 Å². The summed E-state index contributed by atoms with van der Waals surface area (Å²) in [7, 11) is -3.82. The second-order valence-corrected chi connectivity index (χ2v) is 7.36. The summed E-state index contributed by atoms with van der Waals surface area (Å²) in [5.41, 5.74) is 0.0381. The van der Waals surface area contributed by atoms with Crippen LogP contribution in [0.5, 0.6) is 0 Å². The number of halogens is 1. The van der Waals surface area contributed by atoms with Crippen LogP contribution in [0.4, 0.5) is 0 Å². The predicted octanol–water partition coefficient (Wildman–Crippen LogP) is 1.49. The second-order valence-electron chi connectivity index (χ2n) is 5.02. The van der Waals surface area contributed by atoms with E-state index in [0.29, 0.717) is 12.8 Å². The number of piperidine rings is 1. The Morgan fingerprint density at radius 2 is 1.90 bits per heavy atom. The maximum absolute atomic E-state index is 12.6. The van der Waals surface area contributed by atoms with Crippen molar-refractivity contribution in [2.24, 2.45) is 0 Å². The van der Waals surface area contributed by atoms with Crippen molar-refractivity contribution in [3.8, 4) is 0 Å². The van der Waals surface area contributed by atoms with Crippen LogP contribution >= 0.6 is 11.6 Å². The number of rotatable bonds is 3. The van der Waals surface area contributed by atoms with Gasteiger partial charge in [-0.25, -0.2) is 13.2 Å². The highest BCUT2D eigenvalue weighted by molar-refractivity contribution is 7.89. The van der Waals surface area contributed by atoms with E-state index in [4.69, 9.17) is 16.7 Å². The van der Waals surface area contributed by atoms with Crippen molar-refractivity contribution in [1.82, 2.24) is 4.31 Å². The number of hydrogen-bond donors (Lipinski definition) is 2. The number of carboxylic acid groups (broad SMARTS) is 1. The van der Waals surface area contributed by atoms with Crippen molar-refractivity contribution in [1.29, 1.82) is 0 Å². The Morgan fingerprint density at radius 1 is 1.33 bits per heavy atom. The molecular weight excluding hydrogens is 318 g/mol. The van der Waals surface area contributed by atoms with Crippen LogP contribution in [0, 0.1) is 6.92 Å². The molecule has 1 aromatic carbocycles.